The summed E-state index contributed by atoms with van der Waals surface area (Å²) in [6.07, 6.45) is 5.52. The number of aryl methyl sites for hydroxylation is 1. The van der Waals surface area contributed by atoms with Gasteiger partial charge in [0.25, 0.3) is 0 Å². The Balaban J connectivity index is 1.78. The van der Waals surface area contributed by atoms with Crippen LogP contribution < -0.4 is 5.32 Å². The van der Waals surface area contributed by atoms with Gasteiger partial charge < -0.3 is 15.0 Å². The van der Waals surface area contributed by atoms with Crippen molar-refractivity contribution in [2.24, 2.45) is 13.0 Å². The Kier molecular flexibility index (Phi) is 4.56. The van der Waals surface area contributed by atoms with Gasteiger partial charge in [-0.2, -0.15) is 0 Å². The quantitative estimate of drug-likeness (QED) is 0.865. The van der Waals surface area contributed by atoms with Gasteiger partial charge >= 0.3 is 0 Å². The monoisotopic (exact) mass is 371 g/mol. The zero-order chi connectivity index (χ0) is 19.3. The van der Waals surface area contributed by atoms with E-state index in [1.807, 2.05) is 37.7 Å². The SMILES string of the molecule is CC[C@@H](CO)NC(=O)[C@@H]1C=C2c3c(F)ccc4c3c(cn4C)C[C@H]2N(C)C1. The largest absolute Gasteiger partial charge is 0.394 e. The van der Waals surface area contributed by atoms with Crippen molar-refractivity contribution in [3.8, 4) is 0 Å². The van der Waals surface area contributed by atoms with Crippen LogP contribution in [-0.2, 0) is 18.3 Å². The number of aliphatic hydroxyl groups is 1. The Morgan fingerprint density at radius 3 is 2.89 bits per heavy atom. The fraction of sp³-hybridized carbons (Fsp3) is 0.476. The molecule has 0 unspecified atom stereocenters. The van der Waals surface area contributed by atoms with Gasteiger partial charge in [-0.15, -0.1) is 0 Å². The van der Waals surface area contributed by atoms with Crippen LogP contribution in [0.25, 0.3) is 16.5 Å². The van der Waals surface area contributed by atoms with E-state index in [2.05, 4.69) is 16.4 Å². The minimum absolute atomic E-state index is 0.0730. The molecule has 0 spiro atoms. The van der Waals surface area contributed by atoms with Crippen molar-refractivity contribution in [3.05, 3.63) is 41.3 Å². The summed E-state index contributed by atoms with van der Waals surface area (Å²) in [5.41, 5.74) is 3.71. The maximum atomic E-state index is 14.9. The molecule has 4 rings (SSSR count). The normalized spacial score (nSPS) is 23.1. The number of nitrogens with zero attached hydrogens (tertiary/aromatic N) is 2. The number of aromatic nitrogens is 1. The second-order valence-corrected chi connectivity index (χ2v) is 7.77. The number of rotatable bonds is 4. The number of fused-ring (bicyclic) bond motifs is 2. The van der Waals surface area contributed by atoms with Crippen molar-refractivity contribution in [3.63, 3.8) is 0 Å². The molecule has 5 nitrogen and oxygen atoms in total. The van der Waals surface area contributed by atoms with Crippen LogP contribution in [0.15, 0.2) is 24.4 Å². The summed E-state index contributed by atoms with van der Waals surface area (Å²) in [6.45, 7) is 2.43. The molecule has 1 aliphatic carbocycles. The average Bonchev–Trinajstić information content (AvgIpc) is 2.97. The van der Waals surface area contributed by atoms with Gasteiger partial charge in [0.2, 0.25) is 5.91 Å². The number of carbonyl (C=O) groups is 1. The number of amides is 1. The third-order valence-corrected chi connectivity index (χ3v) is 6.04. The first-order chi connectivity index (χ1) is 12.9. The lowest BCUT2D eigenvalue weighted by Gasteiger charge is -2.39. The smallest absolute Gasteiger partial charge is 0.228 e. The van der Waals surface area contributed by atoms with E-state index < -0.39 is 0 Å². The first-order valence-corrected chi connectivity index (χ1v) is 9.54. The van der Waals surface area contributed by atoms with E-state index >= 15 is 0 Å². The van der Waals surface area contributed by atoms with Gasteiger partial charge in [0.1, 0.15) is 5.82 Å². The zero-order valence-electron chi connectivity index (χ0n) is 16.0. The molecule has 0 saturated carbocycles. The molecular weight excluding hydrogens is 345 g/mol. The second kappa shape index (κ2) is 6.77. The summed E-state index contributed by atoms with van der Waals surface area (Å²) in [4.78, 5) is 14.9. The van der Waals surface area contributed by atoms with Gasteiger partial charge in [-0.25, -0.2) is 4.39 Å². The Labute approximate surface area is 158 Å². The number of likely N-dealkylation sites (N-methyl/N-ethyl adjacent to an activating group) is 1. The lowest BCUT2D eigenvalue weighted by atomic mass is 9.79. The van der Waals surface area contributed by atoms with Crippen molar-refractivity contribution < 1.29 is 14.3 Å². The highest BCUT2D eigenvalue weighted by Gasteiger charge is 2.37. The molecule has 2 N–H and O–H groups in total. The van der Waals surface area contributed by atoms with Gasteiger partial charge in [-0.05, 0) is 43.2 Å². The lowest BCUT2D eigenvalue weighted by Crippen LogP contribution is -2.48. The summed E-state index contributed by atoms with van der Waals surface area (Å²) in [6, 6.07) is 3.17. The zero-order valence-corrected chi connectivity index (χ0v) is 16.0. The van der Waals surface area contributed by atoms with E-state index in [1.54, 1.807) is 0 Å². The predicted octanol–water partition coefficient (Wildman–Crippen LogP) is 2.07. The van der Waals surface area contributed by atoms with Crippen LogP contribution in [0.1, 0.15) is 24.5 Å². The first kappa shape index (κ1) is 18.2. The van der Waals surface area contributed by atoms with Gasteiger partial charge in [-0.3, -0.25) is 9.69 Å². The molecule has 1 aromatic carbocycles. The molecule has 2 aromatic rings. The van der Waals surface area contributed by atoms with Crippen LogP contribution in [0, 0.1) is 11.7 Å². The van der Waals surface area contributed by atoms with Gasteiger partial charge in [0, 0.05) is 42.3 Å². The first-order valence-electron chi connectivity index (χ1n) is 9.54. The standard InChI is InChI=1S/C21H26FN3O2/c1-4-14(11-26)23-21(27)13-7-15-18(25(3)10-13)8-12-9-24(2)17-6-5-16(22)20(15)19(12)17/h5-7,9,13-14,18,26H,4,8,10-11H2,1-3H3,(H,23,27)/t13-,14+,18-/m1/s1. The summed E-state index contributed by atoms with van der Waals surface area (Å²) in [7, 11) is 3.98. The second-order valence-electron chi connectivity index (χ2n) is 7.77. The maximum absolute atomic E-state index is 14.9. The van der Waals surface area contributed by atoms with E-state index in [9.17, 15) is 14.3 Å². The molecule has 3 atom stereocenters. The highest BCUT2D eigenvalue weighted by Crippen LogP contribution is 2.42. The molecule has 0 saturated heterocycles. The predicted molar refractivity (Wildman–Crippen MR) is 104 cm³/mol. The van der Waals surface area contributed by atoms with Crippen LogP contribution in [-0.4, -0.2) is 52.8 Å². The van der Waals surface area contributed by atoms with Crippen LogP contribution in [0.2, 0.25) is 0 Å². The Hall–Kier alpha value is -2.18. The summed E-state index contributed by atoms with van der Waals surface area (Å²) in [5, 5.41) is 13.2. The van der Waals surface area contributed by atoms with E-state index in [4.69, 9.17) is 0 Å². The minimum Gasteiger partial charge on any atom is -0.394 e. The molecule has 0 bridgehead atoms. The van der Waals surface area contributed by atoms with Crippen molar-refractivity contribution in [1.29, 1.82) is 0 Å². The van der Waals surface area contributed by atoms with Gasteiger partial charge in [0.05, 0.1) is 18.6 Å². The molecule has 1 aromatic heterocycles. The summed E-state index contributed by atoms with van der Waals surface area (Å²) < 4.78 is 16.9. The number of nitrogens with one attached hydrogen (secondary N) is 1. The van der Waals surface area contributed by atoms with E-state index in [1.165, 1.54) is 6.07 Å². The summed E-state index contributed by atoms with van der Waals surface area (Å²) in [5.74, 6) is -0.705. The molecular formula is C21H26FN3O2. The van der Waals surface area contributed by atoms with Crippen molar-refractivity contribution in [2.45, 2.75) is 31.8 Å². The third-order valence-electron chi connectivity index (χ3n) is 6.04. The fourth-order valence-electron chi connectivity index (χ4n) is 4.51. The molecule has 0 fully saturated rings. The maximum Gasteiger partial charge on any atom is 0.228 e. The van der Waals surface area contributed by atoms with Crippen molar-refractivity contribution in [2.75, 3.05) is 20.2 Å². The average molecular weight is 371 g/mol. The molecule has 2 heterocycles. The van der Waals surface area contributed by atoms with Gasteiger partial charge in [0.15, 0.2) is 0 Å². The highest BCUT2D eigenvalue weighted by molar-refractivity contribution is 6.00. The van der Waals surface area contributed by atoms with Crippen molar-refractivity contribution in [1.82, 2.24) is 14.8 Å². The molecule has 27 heavy (non-hydrogen) atoms. The highest BCUT2D eigenvalue weighted by atomic mass is 19.1. The van der Waals surface area contributed by atoms with E-state index in [-0.39, 0.29) is 36.3 Å². The van der Waals surface area contributed by atoms with Gasteiger partial charge in [-0.1, -0.05) is 13.0 Å². The van der Waals surface area contributed by atoms with Crippen molar-refractivity contribution >= 4 is 22.4 Å². The van der Waals surface area contributed by atoms with Crippen LogP contribution in [0.3, 0.4) is 0 Å². The molecule has 1 amide bonds. The summed E-state index contributed by atoms with van der Waals surface area (Å²) >= 11 is 0. The molecule has 1 aliphatic heterocycles. The Morgan fingerprint density at radius 2 is 2.19 bits per heavy atom. The number of carbonyl (C=O) groups excluding carboxylic acids is 1. The van der Waals surface area contributed by atoms with E-state index in [0.717, 1.165) is 28.5 Å². The van der Waals surface area contributed by atoms with Crippen LogP contribution in [0.4, 0.5) is 4.39 Å². The fourth-order valence-corrected chi connectivity index (χ4v) is 4.51. The third kappa shape index (κ3) is 2.87. The molecule has 2 aliphatic rings. The lowest BCUT2D eigenvalue weighted by molar-refractivity contribution is -0.125. The molecule has 0 radical (unpaired) electrons. The van der Waals surface area contributed by atoms with Crippen LogP contribution in [0.5, 0.6) is 0 Å². The minimum atomic E-state index is -0.359. The number of hydrogen-bond acceptors (Lipinski definition) is 3. The Bertz CT molecular complexity index is 929. The Morgan fingerprint density at radius 1 is 1.41 bits per heavy atom. The number of halogens is 1. The number of hydrogen-bond donors (Lipinski definition) is 2. The van der Waals surface area contributed by atoms with Crippen LogP contribution >= 0.6 is 0 Å². The topological polar surface area (TPSA) is 57.5 Å². The molecule has 6 heteroatoms. The number of benzene rings is 1. The number of aliphatic hydroxyl groups excluding tert-OH is 1. The van der Waals surface area contributed by atoms with E-state index in [0.29, 0.717) is 18.5 Å². The molecule has 144 valence electrons.